The van der Waals surface area contributed by atoms with Crippen molar-refractivity contribution in [1.29, 1.82) is 0 Å². The molecule has 0 aromatic rings. The van der Waals surface area contributed by atoms with Gasteiger partial charge in [0, 0.05) is 13.2 Å². The number of hydrogen-bond donors (Lipinski definition) is 0. The molecule has 0 atom stereocenters. The van der Waals surface area contributed by atoms with Gasteiger partial charge < -0.3 is 13.7 Å². The van der Waals surface area contributed by atoms with Crippen molar-refractivity contribution in [3.63, 3.8) is 0 Å². The summed E-state index contributed by atoms with van der Waals surface area (Å²) in [5.41, 5.74) is 0. The summed E-state index contributed by atoms with van der Waals surface area (Å²) in [6.07, 6.45) is 7.82. The zero-order chi connectivity index (χ0) is 19.0. The first-order valence-corrected chi connectivity index (χ1v) is 11.3. The Hall–Kier alpha value is -0.120. The van der Waals surface area contributed by atoms with Gasteiger partial charge in [-0.15, -0.1) is 0 Å². The summed E-state index contributed by atoms with van der Waals surface area (Å²) < 4.78 is 8.42. The van der Waals surface area contributed by atoms with Crippen molar-refractivity contribution in [2.24, 2.45) is 0 Å². The zero-order valence-corrected chi connectivity index (χ0v) is 18.6. The summed E-state index contributed by atoms with van der Waals surface area (Å²) in [6.45, 7) is 26.3. The van der Waals surface area contributed by atoms with Crippen molar-refractivity contribution in [3.8, 4) is 0 Å². The molecule has 0 saturated carbocycles. The van der Waals surface area contributed by atoms with E-state index in [9.17, 15) is 0 Å². The molecule has 0 aliphatic rings. The number of nitrogens with zero attached hydrogens (tertiary/aromatic N) is 2. The van der Waals surface area contributed by atoms with Crippen LogP contribution in [0.2, 0.25) is 0 Å². The molecule has 0 amide bonds. The highest BCUT2D eigenvalue weighted by atomic mass is 16.5. The van der Waals surface area contributed by atoms with E-state index in [1.54, 1.807) is 0 Å². The highest BCUT2D eigenvalue weighted by molar-refractivity contribution is 4.46. The molecule has 0 N–H and O–H groups in total. The van der Waals surface area contributed by atoms with Crippen molar-refractivity contribution >= 4 is 0 Å². The van der Waals surface area contributed by atoms with Crippen LogP contribution in [0.4, 0.5) is 0 Å². The van der Waals surface area contributed by atoms with Gasteiger partial charge in [-0.05, 0) is 80.1 Å². The molecule has 0 aromatic heterocycles. The monoisotopic (exact) mass is 358 g/mol. The summed E-state index contributed by atoms with van der Waals surface area (Å²) >= 11 is 0. The Morgan fingerprint density at radius 2 is 0.760 bits per heavy atom. The van der Waals surface area contributed by atoms with Gasteiger partial charge in [0.25, 0.3) is 0 Å². The Labute approximate surface area is 159 Å². The van der Waals surface area contributed by atoms with Gasteiger partial charge in [-0.1, -0.05) is 0 Å². The molecule has 0 saturated heterocycles. The average molecular weight is 359 g/mol. The second kappa shape index (κ2) is 15.0. The van der Waals surface area contributed by atoms with Crippen molar-refractivity contribution in [1.82, 2.24) is 0 Å². The molecule has 152 valence electrons. The number of ether oxygens (including phenoxy) is 1. The highest BCUT2D eigenvalue weighted by Crippen LogP contribution is 2.11. The Morgan fingerprint density at radius 1 is 0.440 bits per heavy atom. The lowest BCUT2D eigenvalue weighted by atomic mass is 10.2. The predicted octanol–water partition coefficient (Wildman–Crippen LogP) is 5.10. The highest BCUT2D eigenvalue weighted by Gasteiger charge is 2.20. The predicted molar refractivity (Wildman–Crippen MR) is 112 cm³/mol. The minimum atomic E-state index is 0.962. The average Bonchev–Trinajstić information content (AvgIpc) is 2.67. The summed E-state index contributed by atoms with van der Waals surface area (Å²) in [5, 5.41) is 0. The molecule has 0 aliphatic heterocycles. The van der Waals surface area contributed by atoms with E-state index in [0.717, 1.165) is 13.2 Å². The lowest BCUT2D eigenvalue weighted by molar-refractivity contribution is -0.923. The van der Waals surface area contributed by atoms with Crippen LogP contribution in [-0.4, -0.2) is 74.5 Å². The minimum Gasteiger partial charge on any atom is -0.381 e. The molecule has 0 radical (unpaired) electrons. The summed E-state index contributed by atoms with van der Waals surface area (Å²) in [6, 6.07) is 0. The molecule has 0 aliphatic carbocycles. The Morgan fingerprint density at radius 3 is 1.04 bits per heavy atom. The molecule has 0 aromatic carbocycles. The van der Waals surface area contributed by atoms with Crippen LogP contribution in [0.3, 0.4) is 0 Å². The Balaban J connectivity index is 3.54. The maximum Gasteiger partial charge on any atom is 0.0786 e. The van der Waals surface area contributed by atoms with Gasteiger partial charge in [-0.3, -0.25) is 0 Å². The summed E-state index contributed by atoms with van der Waals surface area (Å²) in [4.78, 5) is 0. The van der Waals surface area contributed by atoms with Gasteiger partial charge in [-0.2, -0.15) is 0 Å². The van der Waals surface area contributed by atoms with Gasteiger partial charge in [0.1, 0.15) is 0 Å². The van der Waals surface area contributed by atoms with Gasteiger partial charge >= 0.3 is 0 Å². The molecule has 0 unspecified atom stereocenters. The molecule has 0 fully saturated rings. The van der Waals surface area contributed by atoms with Crippen molar-refractivity contribution in [2.45, 2.75) is 80.1 Å². The fraction of sp³-hybridized carbons (Fsp3) is 1.00. The maximum absolute atomic E-state index is 5.85. The first-order chi connectivity index (χ1) is 12.1. The largest absolute Gasteiger partial charge is 0.381 e. The first kappa shape index (κ1) is 24.9. The Bertz CT molecular complexity index is 241. The third kappa shape index (κ3) is 9.96. The van der Waals surface area contributed by atoms with E-state index >= 15 is 0 Å². The number of hydrogen-bond acceptors (Lipinski definition) is 1. The van der Waals surface area contributed by atoms with Crippen LogP contribution in [0.25, 0.3) is 0 Å². The van der Waals surface area contributed by atoms with E-state index in [2.05, 4.69) is 41.5 Å². The van der Waals surface area contributed by atoms with Crippen molar-refractivity contribution in [3.05, 3.63) is 0 Å². The maximum atomic E-state index is 5.85. The molecule has 3 heteroatoms. The molecular weight excluding hydrogens is 308 g/mol. The third-order valence-electron chi connectivity index (χ3n) is 6.87. The molecule has 3 nitrogen and oxygen atoms in total. The first-order valence-electron chi connectivity index (χ1n) is 11.3. The lowest BCUT2D eigenvalue weighted by Gasteiger charge is -2.36. The molecule has 0 rings (SSSR count). The SMILES string of the molecule is CC[N+](CC)(CC)CCCCCOCCCCC[N+](CC)(CC)CC. The molecular formula is C22H50N2O+2. The molecule has 0 heterocycles. The molecule has 25 heavy (non-hydrogen) atoms. The van der Waals surface area contributed by atoms with Gasteiger partial charge in [0.2, 0.25) is 0 Å². The van der Waals surface area contributed by atoms with Crippen LogP contribution in [0.1, 0.15) is 80.1 Å². The second-order valence-electron chi connectivity index (χ2n) is 7.76. The fourth-order valence-corrected chi connectivity index (χ4v) is 4.05. The van der Waals surface area contributed by atoms with E-state index in [1.807, 2.05) is 0 Å². The van der Waals surface area contributed by atoms with Gasteiger partial charge in [-0.25, -0.2) is 0 Å². The number of quaternary nitrogens is 2. The Kier molecular flexibility index (Phi) is 14.9. The molecule has 0 bridgehead atoms. The fourth-order valence-electron chi connectivity index (χ4n) is 4.05. The minimum absolute atomic E-state index is 0.962. The van der Waals surface area contributed by atoms with Crippen LogP contribution in [0, 0.1) is 0 Å². The van der Waals surface area contributed by atoms with Crippen LogP contribution < -0.4 is 0 Å². The van der Waals surface area contributed by atoms with E-state index in [4.69, 9.17) is 4.74 Å². The van der Waals surface area contributed by atoms with Crippen molar-refractivity contribution in [2.75, 3.05) is 65.6 Å². The number of unbranched alkanes of at least 4 members (excludes halogenated alkanes) is 4. The molecule has 0 spiro atoms. The third-order valence-corrected chi connectivity index (χ3v) is 6.87. The number of rotatable bonds is 18. The van der Waals surface area contributed by atoms with E-state index in [1.165, 1.54) is 99.8 Å². The van der Waals surface area contributed by atoms with Crippen LogP contribution in [-0.2, 0) is 4.74 Å². The van der Waals surface area contributed by atoms with Gasteiger partial charge in [0.05, 0.1) is 52.4 Å². The van der Waals surface area contributed by atoms with E-state index in [0.29, 0.717) is 0 Å². The standard InChI is InChI=1S/C22H50N2O/c1-7-23(8-2,9-3)19-15-13-17-21-25-22-18-14-16-20-24(10-4,11-5)12-6/h7-22H2,1-6H3/q+2. The quantitative estimate of drug-likeness (QED) is 0.245. The summed E-state index contributed by atoms with van der Waals surface area (Å²) in [7, 11) is 0. The van der Waals surface area contributed by atoms with Crippen molar-refractivity contribution < 1.29 is 13.7 Å². The van der Waals surface area contributed by atoms with Gasteiger partial charge in [0.15, 0.2) is 0 Å². The smallest absolute Gasteiger partial charge is 0.0786 e. The lowest BCUT2D eigenvalue weighted by Crippen LogP contribution is -2.48. The summed E-state index contributed by atoms with van der Waals surface area (Å²) in [5.74, 6) is 0. The zero-order valence-electron chi connectivity index (χ0n) is 18.6. The second-order valence-corrected chi connectivity index (χ2v) is 7.76. The van der Waals surface area contributed by atoms with E-state index < -0.39 is 0 Å². The van der Waals surface area contributed by atoms with Crippen LogP contribution in [0.15, 0.2) is 0 Å². The topological polar surface area (TPSA) is 9.23 Å². The van der Waals surface area contributed by atoms with E-state index in [-0.39, 0.29) is 0 Å². The van der Waals surface area contributed by atoms with Crippen LogP contribution >= 0.6 is 0 Å². The normalized spacial score (nSPS) is 12.7. The van der Waals surface area contributed by atoms with Crippen LogP contribution in [0.5, 0.6) is 0 Å².